The number of anilines is 1. The number of rotatable bonds is 6. The van der Waals surface area contributed by atoms with Crippen molar-refractivity contribution < 1.29 is 14.3 Å². The number of fused-ring (bicyclic) bond motifs is 3. The molecule has 0 aliphatic carbocycles. The average molecular weight is 469 g/mol. The number of carbonyl (C=O) groups excluding carboxylic acids is 1. The van der Waals surface area contributed by atoms with Gasteiger partial charge < -0.3 is 19.7 Å². The van der Waals surface area contributed by atoms with E-state index in [4.69, 9.17) is 9.47 Å². The van der Waals surface area contributed by atoms with E-state index in [2.05, 4.69) is 61.3 Å². The number of hydrogen-bond acceptors (Lipinski definition) is 4. The van der Waals surface area contributed by atoms with E-state index in [1.165, 1.54) is 16.8 Å². The van der Waals surface area contributed by atoms with E-state index in [0.717, 1.165) is 11.1 Å². The fraction of sp³-hybridized carbons (Fsp3) is 0.300. The van der Waals surface area contributed by atoms with Crippen LogP contribution in [0.3, 0.4) is 0 Å². The predicted molar refractivity (Wildman–Crippen MR) is 140 cm³/mol. The zero-order valence-corrected chi connectivity index (χ0v) is 20.8. The van der Waals surface area contributed by atoms with Crippen molar-refractivity contribution >= 4 is 17.7 Å². The number of nitrogens with one attached hydrogen (secondary N) is 1. The zero-order valence-electron chi connectivity index (χ0n) is 20.8. The second kappa shape index (κ2) is 8.81. The quantitative estimate of drug-likeness (QED) is 0.511. The lowest BCUT2D eigenvalue weighted by Crippen LogP contribution is -2.68. The van der Waals surface area contributed by atoms with E-state index >= 15 is 0 Å². The third-order valence-corrected chi connectivity index (χ3v) is 7.33. The summed E-state index contributed by atoms with van der Waals surface area (Å²) in [6.45, 7) is 7.70. The van der Waals surface area contributed by atoms with E-state index in [9.17, 15) is 4.79 Å². The summed E-state index contributed by atoms with van der Waals surface area (Å²) < 4.78 is 11.7. The number of hydrogen-bond donors (Lipinski definition) is 1. The minimum absolute atomic E-state index is 0.0748. The highest BCUT2D eigenvalue weighted by molar-refractivity contribution is 5.84. The van der Waals surface area contributed by atoms with E-state index in [-0.39, 0.29) is 11.3 Å². The molecule has 2 aliphatic heterocycles. The fourth-order valence-electron chi connectivity index (χ4n) is 5.33. The number of methoxy groups -OCH3 is 1. The minimum Gasteiger partial charge on any atom is -0.493 e. The number of amides is 1. The molecule has 180 valence electrons. The van der Waals surface area contributed by atoms with Gasteiger partial charge in [0.1, 0.15) is 12.3 Å². The molecule has 5 rings (SSSR count). The number of ether oxygens (including phenoxy) is 2. The van der Waals surface area contributed by atoms with Crippen molar-refractivity contribution in [2.75, 3.05) is 18.6 Å². The van der Waals surface area contributed by atoms with E-state index in [1.807, 2.05) is 48.5 Å². The third-order valence-electron chi connectivity index (χ3n) is 7.33. The van der Waals surface area contributed by atoms with E-state index in [0.29, 0.717) is 31.1 Å². The second-order valence-corrected chi connectivity index (χ2v) is 9.88. The van der Waals surface area contributed by atoms with Crippen LogP contribution in [0.15, 0.2) is 72.8 Å². The van der Waals surface area contributed by atoms with Gasteiger partial charge in [-0.1, -0.05) is 74.0 Å². The molecule has 1 amide bonds. The standard InChI is InChI=1S/C30H32N2O3/c1-21-10-12-25-24(18-21)29(2,3)30(31-28(33)15-17-32(25)30)16-14-22-11-13-26(27(19-22)34-4)35-20-23-8-6-5-7-9-23/h5-14,16,18-19H,15,17,20H2,1-4H3,(H,31,33)/b16-14+/t30-/m1/s1. The van der Waals surface area contributed by atoms with Crippen LogP contribution >= 0.6 is 0 Å². The second-order valence-electron chi connectivity index (χ2n) is 9.88. The van der Waals surface area contributed by atoms with Gasteiger partial charge in [-0.05, 0) is 47.9 Å². The van der Waals surface area contributed by atoms with Gasteiger partial charge in [-0.2, -0.15) is 0 Å². The largest absolute Gasteiger partial charge is 0.493 e. The van der Waals surface area contributed by atoms with Crippen molar-refractivity contribution in [3.63, 3.8) is 0 Å². The molecule has 3 aromatic carbocycles. The van der Waals surface area contributed by atoms with E-state index < -0.39 is 5.66 Å². The Hall–Kier alpha value is -3.73. The summed E-state index contributed by atoms with van der Waals surface area (Å²) in [6, 6.07) is 22.6. The molecule has 1 saturated heterocycles. The number of aryl methyl sites for hydroxylation is 1. The van der Waals surface area contributed by atoms with Gasteiger partial charge in [-0.25, -0.2) is 0 Å². The summed E-state index contributed by atoms with van der Waals surface area (Å²) in [7, 11) is 1.65. The first-order chi connectivity index (χ1) is 16.8. The molecule has 2 heterocycles. The summed E-state index contributed by atoms with van der Waals surface area (Å²) in [6.07, 6.45) is 4.70. The van der Waals surface area contributed by atoms with Crippen LogP contribution in [0.1, 0.15) is 42.5 Å². The maximum atomic E-state index is 12.7. The van der Waals surface area contributed by atoms with Crippen LogP contribution < -0.4 is 19.7 Å². The lowest BCUT2D eigenvalue weighted by molar-refractivity contribution is -0.124. The highest BCUT2D eigenvalue weighted by atomic mass is 16.5. The van der Waals surface area contributed by atoms with Gasteiger partial charge in [-0.15, -0.1) is 0 Å². The maximum Gasteiger partial charge on any atom is 0.223 e. The molecule has 3 aromatic rings. The number of carbonyl (C=O) groups is 1. The lowest BCUT2D eigenvalue weighted by Gasteiger charge is -2.49. The lowest BCUT2D eigenvalue weighted by atomic mass is 9.74. The smallest absolute Gasteiger partial charge is 0.223 e. The van der Waals surface area contributed by atoms with Gasteiger partial charge in [-0.3, -0.25) is 4.79 Å². The molecular weight excluding hydrogens is 436 g/mol. The summed E-state index contributed by atoms with van der Waals surface area (Å²) in [5.74, 6) is 1.45. The Morgan fingerprint density at radius 2 is 1.83 bits per heavy atom. The maximum absolute atomic E-state index is 12.7. The molecule has 0 unspecified atom stereocenters. The molecule has 0 bridgehead atoms. The van der Waals surface area contributed by atoms with Crippen LogP contribution in [0.5, 0.6) is 11.5 Å². The van der Waals surface area contributed by atoms with Gasteiger partial charge in [0, 0.05) is 24.1 Å². The van der Waals surface area contributed by atoms with Crippen LogP contribution in [0.4, 0.5) is 5.69 Å². The van der Waals surface area contributed by atoms with Crippen molar-refractivity contribution in [2.24, 2.45) is 0 Å². The highest BCUT2D eigenvalue weighted by Crippen LogP contribution is 2.52. The Morgan fingerprint density at radius 1 is 1.03 bits per heavy atom. The van der Waals surface area contributed by atoms with Crippen molar-refractivity contribution in [3.8, 4) is 11.5 Å². The monoisotopic (exact) mass is 468 g/mol. The van der Waals surface area contributed by atoms with Crippen LogP contribution in [0.25, 0.3) is 6.08 Å². The number of nitrogens with zero attached hydrogens (tertiary/aromatic N) is 1. The first-order valence-electron chi connectivity index (χ1n) is 12.1. The average Bonchev–Trinajstić information content (AvgIpc) is 3.05. The van der Waals surface area contributed by atoms with Gasteiger partial charge in [0.15, 0.2) is 11.5 Å². The molecule has 1 fully saturated rings. The van der Waals surface area contributed by atoms with Gasteiger partial charge in [0.2, 0.25) is 5.91 Å². The molecule has 5 nitrogen and oxygen atoms in total. The third kappa shape index (κ3) is 3.95. The van der Waals surface area contributed by atoms with Gasteiger partial charge in [0.25, 0.3) is 0 Å². The summed E-state index contributed by atoms with van der Waals surface area (Å²) in [5, 5.41) is 3.34. The molecule has 0 radical (unpaired) electrons. The molecule has 0 aromatic heterocycles. The van der Waals surface area contributed by atoms with Crippen molar-refractivity contribution in [1.29, 1.82) is 0 Å². The first kappa shape index (κ1) is 23.0. The SMILES string of the molecule is COc1cc(/C=C/[C@@]23NC(=O)CCN2c2ccc(C)cc2C3(C)C)ccc1OCc1ccccc1. The highest BCUT2D eigenvalue weighted by Gasteiger charge is 2.57. The van der Waals surface area contributed by atoms with Crippen molar-refractivity contribution in [3.05, 3.63) is 95.1 Å². The van der Waals surface area contributed by atoms with Crippen LogP contribution in [-0.2, 0) is 16.8 Å². The number of benzene rings is 3. The predicted octanol–water partition coefficient (Wildman–Crippen LogP) is 5.61. The Bertz CT molecular complexity index is 1280. The van der Waals surface area contributed by atoms with Crippen molar-refractivity contribution in [2.45, 2.75) is 44.9 Å². The zero-order chi connectivity index (χ0) is 24.6. The first-order valence-corrected chi connectivity index (χ1v) is 12.1. The Morgan fingerprint density at radius 3 is 2.60 bits per heavy atom. The molecular formula is C30H32N2O3. The normalized spacial score (nSPS) is 20.3. The molecule has 1 atom stereocenters. The van der Waals surface area contributed by atoms with Crippen LogP contribution in [-0.4, -0.2) is 25.2 Å². The molecule has 0 spiro atoms. The minimum atomic E-state index is -0.645. The summed E-state index contributed by atoms with van der Waals surface area (Å²) in [4.78, 5) is 15.0. The molecule has 0 saturated carbocycles. The molecule has 35 heavy (non-hydrogen) atoms. The van der Waals surface area contributed by atoms with Crippen molar-refractivity contribution in [1.82, 2.24) is 5.32 Å². The van der Waals surface area contributed by atoms with Crippen LogP contribution in [0.2, 0.25) is 0 Å². The van der Waals surface area contributed by atoms with E-state index in [1.54, 1.807) is 7.11 Å². The van der Waals surface area contributed by atoms with Gasteiger partial charge >= 0.3 is 0 Å². The van der Waals surface area contributed by atoms with Crippen LogP contribution in [0, 0.1) is 6.92 Å². The summed E-state index contributed by atoms with van der Waals surface area (Å²) in [5.41, 5.74) is 4.78. The Kier molecular flexibility index (Phi) is 5.79. The van der Waals surface area contributed by atoms with Gasteiger partial charge in [0.05, 0.1) is 7.11 Å². The Labute approximate surface area is 207 Å². The topological polar surface area (TPSA) is 50.8 Å². The molecule has 1 N–H and O–H groups in total. The Balaban J connectivity index is 1.46. The molecule has 2 aliphatic rings. The molecule has 5 heteroatoms. The fourth-order valence-corrected chi connectivity index (χ4v) is 5.33. The summed E-state index contributed by atoms with van der Waals surface area (Å²) >= 11 is 0.